The smallest absolute Gasteiger partial charge is 0.129 e. The minimum atomic E-state index is 0.531. The molecule has 0 aliphatic heterocycles. The number of aromatic nitrogens is 2. The van der Waals surface area contributed by atoms with Gasteiger partial charge >= 0.3 is 0 Å². The Morgan fingerprint density at radius 1 is 1.36 bits per heavy atom. The van der Waals surface area contributed by atoms with Gasteiger partial charge in [-0.05, 0) is 13.0 Å². The minimum absolute atomic E-state index is 0.531. The third-order valence-corrected chi connectivity index (χ3v) is 1.76. The second-order valence-corrected chi connectivity index (χ2v) is 3.52. The molecule has 0 radical (unpaired) electrons. The summed E-state index contributed by atoms with van der Waals surface area (Å²) in [6.45, 7) is 7.98. The minimum Gasteiger partial charge on any atom is -0.369 e. The first-order chi connectivity index (χ1) is 6.68. The summed E-state index contributed by atoms with van der Waals surface area (Å²) in [5.74, 6) is 1.69. The molecule has 78 valence electrons. The first kappa shape index (κ1) is 10.9. The van der Waals surface area contributed by atoms with E-state index in [9.17, 15) is 0 Å². The number of aryl methyl sites for hydroxylation is 1. The van der Waals surface area contributed by atoms with Crippen molar-refractivity contribution in [3.63, 3.8) is 0 Å². The number of anilines is 1. The molecule has 1 aromatic rings. The Morgan fingerprint density at radius 3 is 2.79 bits per heavy atom. The fraction of sp³-hybridized carbons (Fsp3) is 0.600. The van der Waals surface area contributed by atoms with Crippen LogP contribution in [-0.4, -0.2) is 29.1 Å². The van der Waals surface area contributed by atoms with Gasteiger partial charge < -0.3 is 10.6 Å². The fourth-order valence-electron chi connectivity index (χ4n) is 1.11. The van der Waals surface area contributed by atoms with Gasteiger partial charge in [0.25, 0.3) is 0 Å². The van der Waals surface area contributed by atoms with Crippen LogP contribution in [0.1, 0.15) is 19.7 Å². The molecule has 1 aromatic heterocycles. The Bertz CT molecular complexity index is 273. The van der Waals surface area contributed by atoms with Crippen LogP contribution in [0.25, 0.3) is 0 Å². The molecule has 0 fully saturated rings. The van der Waals surface area contributed by atoms with Gasteiger partial charge in [-0.15, -0.1) is 0 Å². The van der Waals surface area contributed by atoms with E-state index in [1.807, 2.05) is 13.0 Å². The van der Waals surface area contributed by atoms with Crippen LogP contribution in [0.4, 0.5) is 5.82 Å². The molecule has 1 heterocycles. The van der Waals surface area contributed by atoms with E-state index in [1.54, 1.807) is 6.20 Å². The maximum absolute atomic E-state index is 4.24. The lowest BCUT2D eigenvalue weighted by molar-refractivity contribution is 0.602. The summed E-state index contributed by atoms with van der Waals surface area (Å²) < 4.78 is 0. The van der Waals surface area contributed by atoms with Crippen LogP contribution in [0.2, 0.25) is 0 Å². The Morgan fingerprint density at radius 2 is 2.14 bits per heavy atom. The van der Waals surface area contributed by atoms with E-state index in [-0.39, 0.29) is 0 Å². The summed E-state index contributed by atoms with van der Waals surface area (Å²) >= 11 is 0. The molecular weight excluding hydrogens is 176 g/mol. The van der Waals surface area contributed by atoms with Crippen molar-refractivity contribution in [2.75, 3.05) is 18.4 Å². The van der Waals surface area contributed by atoms with Crippen LogP contribution in [-0.2, 0) is 0 Å². The Balaban J connectivity index is 2.25. The van der Waals surface area contributed by atoms with Crippen molar-refractivity contribution in [3.8, 4) is 0 Å². The predicted octanol–water partition coefficient (Wildman–Crippen LogP) is 1.19. The molecule has 0 aromatic carbocycles. The van der Waals surface area contributed by atoms with Crippen LogP contribution in [0.3, 0.4) is 0 Å². The molecule has 0 saturated carbocycles. The third kappa shape index (κ3) is 4.18. The van der Waals surface area contributed by atoms with Gasteiger partial charge in [0, 0.05) is 25.3 Å². The monoisotopic (exact) mass is 194 g/mol. The molecule has 0 amide bonds. The van der Waals surface area contributed by atoms with E-state index in [1.165, 1.54) is 0 Å². The molecule has 0 saturated heterocycles. The van der Waals surface area contributed by atoms with E-state index in [4.69, 9.17) is 0 Å². The Hall–Kier alpha value is -1.16. The second kappa shape index (κ2) is 5.54. The summed E-state index contributed by atoms with van der Waals surface area (Å²) in [5, 5.41) is 6.55. The standard InChI is InChI=1S/C10H18N4/c1-8(2)11-6-7-13-10-4-5-12-9(3)14-10/h4-5,8,11H,6-7H2,1-3H3,(H,12,13,14). The average Bonchev–Trinajstić information content (AvgIpc) is 2.12. The highest BCUT2D eigenvalue weighted by Gasteiger charge is 1.94. The first-order valence-corrected chi connectivity index (χ1v) is 4.95. The molecule has 4 heteroatoms. The lowest BCUT2D eigenvalue weighted by Crippen LogP contribution is -2.28. The summed E-state index contributed by atoms with van der Waals surface area (Å²) in [4.78, 5) is 8.27. The van der Waals surface area contributed by atoms with Gasteiger partial charge in [-0.2, -0.15) is 0 Å². The lowest BCUT2D eigenvalue weighted by Gasteiger charge is -2.09. The maximum atomic E-state index is 4.24. The average molecular weight is 194 g/mol. The molecule has 4 nitrogen and oxygen atoms in total. The molecule has 0 aliphatic carbocycles. The zero-order valence-corrected chi connectivity index (χ0v) is 9.04. The lowest BCUT2D eigenvalue weighted by atomic mass is 10.4. The molecule has 1 rings (SSSR count). The number of rotatable bonds is 5. The molecule has 2 N–H and O–H groups in total. The van der Waals surface area contributed by atoms with Crippen molar-refractivity contribution in [1.82, 2.24) is 15.3 Å². The molecular formula is C10H18N4. The summed E-state index contributed by atoms with van der Waals surface area (Å²) in [6, 6.07) is 2.41. The van der Waals surface area contributed by atoms with Gasteiger partial charge in [0.05, 0.1) is 0 Å². The van der Waals surface area contributed by atoms with Crippen molar-refractivity contribution in [2.24, 2.45) is 0 Å². The van der Waals surface area contributed by atoms with Crippen molar-refractivity contribution in [3.05, 3.63) is 18.1 Å². The van der Waals surface area contributed by atoms with Crippen LogP contribution < -0.4 is 10.6 Å². The van der Waals surface area contributed by atoms with E-state index in [0.29, 0.717) is 6.04 Å². The molecule has 0 unspecified atom stereocenters. The molecule has 0 bridgehead atoms. The third-order valence-electron chi connectivity index (χ3n) is 1.76. The normalized spacial score (nSPS) is 10.6. The zero-order valence-electron chi connectivity index (χ0n) is 9.04. The van der Waals surface area contributed by atoms with Crippen molar-refractivity contribution < 1.29 is 0 Å². The van der Waals surface area contributed by atoms with Gasteiger partial charge in [-0.3, -0.25) is 0 Å². The Kier molecular flexibility index (Phi) is 4.32. The SMILES string of the molecule is Cc1nccc(NCCNC(C)C)n1. The highest BCUT2D eigenvalue weighted by atomic mass is 15.0. The number of nitrogens with zero attached hydrogens (tertiary/aromatic N) is 2. The number of nitrogens with one attached hydrogen (secondary N) is 2. The number of hydrogen-bond donors (Lipinski definition) is 2. The molecule has 0 aliphatic rings. The highest BCUT2D eigenvalue weighted by Crippen LogP contribution is 1.99. The second-order valence-electron chi connectivity index (χ2n) is 3.52. The topological polar surface area (TPSA) is 49.8 Å². The van der Waals surface area contributed by atoms with Crippen LogP contribution in [0.5, 0.6) is 0 Å². The van der Waals surface area contributed by atoms with Crippen molar-refractivity contribution in [1.29, 1.82) is 0 Å². The predicted molar refractivity (Wildman–Crippen MR) is 58.4 cm³/mol. The van der Waals surface area contributed by atoms with Gasteiger partial charge in [0.15, 0.2) is 0 Å². The van der Waals surface area contributed by atoms with Crippen LogP contribution in [0.15, 0.2) is 12.3 Å². The van der Waals surface area contributed by atoms with Crippen LogP contribution >= 0.6 is 0 Å². The van der Waals surface area contributed by atoms with E-state index < -0.39 is 0 Å². The zero-order chi connectivity index (χ0) is 10.4. The van der Waals surface area contributed by atoms with Gasteiger partial charge in [0.1, 0.15) is 11.6 Å². The van der Waals surface area contributed by atoms with E-state index >= 15 is 0 Å². The Labute approximate surface area is 85.2 Å². The van der Waals surface area contributed by atoms with Gasteiger partial charge in [0.2, 0.25) is 0 Å². The quantitative estimate of drug-likeness (QED) is 0.691. The summed E-state index contributed by atoms with van der Waals surface area (Å²) in [5.41, 5.74) is 0. The maximum Gasteiger partial charge on any atom is 0.129 e. The van der Waals surface area contributed by atoms with Gasteiger partial charge in [-0.25, -0.2) is 9.97 Å². The molecule has 14 heavy (non-hydrogen) atoms. The molecule has 0 spiro atoms. The first-order valence-electron chi connectivity index (χ1n) is 4.95. The highest BCUT2D eigenvalue weighted by molar-refractivity contribution is 5.32. The summed E-state index contributed by atoms with van der Waals surface area (Å²) in [7, 11) is 0. The molecule has 0 atom stereocenters. The largest absolute Gasteiger partial charge is 0.369 e. The van der Waals surface area contributed by atoms with Crippen molar-refractivity contribution >= 4 is 5.82 Å². The van der Waals surface area contributed by atoms with E-state index in [2.05, 4.69) is 34.4 Å². The van der Waals surface area contributed by atoms with Crippen LogP contribution in [0, 0.1) is 6.92 Å². The van der Waals surface area contributed by atoms with E-state index in [0.717, 1.165) is 24.7 Å². The summed E-state index contributed by atoms with van der Waals surface area (Å²) in [6.07, 6.45) is 1.76. The van der Waals surface area contributed by atoms with Crippen molar-refractivity contribution in [2.45, 2.75) is 26.8 Å². The fourth-order valence-corrected chi connectivity index (χ4v) is 1.11. The number of hydrogen-bond acceptors (Lipinski definition) is 4. The van der Waals surface area contributed by atoms with Gasteiger partial charge in [-0.1, -0.05) is 13.8 Å².